The molecule has 0 saturated heterocycles. The first-order valence-corrected chi connectivity index (χ1v) is 10.0. The Bertz CT molecular complexity index is 884. The molecule has 130 valence electrons. The summed E-state index contributed by atoms with van der Waals surface area (Å²) in [5.74, 6) is 0. The van der Waals surface area contributed by atoms with Crippen molar-refractivity contribution in [3.8, 4) is 0 Å². The number of hydrogen-bond donors (Lipinski definition) is 0. The van der Waals surface area contributed by atoms with E-state index in [1.165, 1.54) is 10.5 Å². The van der Waals surface area contributed by atoms with E-state index in [0.717, 1.165) is 21.5 Å². The SMILES string of the molecule is C=CS/C(=C\C)c1ccc(N(c2ccccc2)c2ccc(Br)cc2)cc1. The number of halogens is 1. The zero-order valence-electron chi connectivity index (χ0n) is 14.6. The number of anilines is 3. The van der Waals surface area contributed by atoms with Crippen LogP contribution in [0.2, 0.25) is 0 Å². The van der Waals surface area contributed by atoms with Crippen molar-refractivity contribution in [2.75, 3.05) is 4.90 Å². The van der Waals surface area contributed by atoms with Gasteiger partial charge in [0.15, 0.2) is 0 Å². The molecule has 0 aliphatic rings. The number of benzene rings is 3. The van der Waals surface area contributed by atoms with Gasteiger partial charge < -0.3 is 4.90 Å². The topological polar surface area (TPSA) is 3.24 Å². The molecular formula is C23H20BrNS. The summed E-state index contributed by atoms with van der Waals surface area (Å²) in [5.41, 5.74) is 4.58. The fraction of sp³-hybridized carbons (Fsp3) is 0.0435. The summed E-state index contributed by atoms with van der Waals surface area (Å²) in [4.78, 5) is 3.47. The largest absolute Gasteiger partial charge is 0.311 e. The molecule has 0 heterocycles. The first-order chi connectivity index (χ1) is 12.7. The number of thioether (sulfide) groups is 1. The molecule has 26 heavy (non-hydrogen) atoms. The molecule has 0 atom stereocenters. The summed E-state index contributed by atoms with van der Waals surface area (Å²) in [5, 5.41) is 1.86. The summed E-state index contributed by atoms with van der Waals surface area (Å²) in [6, 6.07) is 27.4. The van der Waals surface area contributed by atoms with Crippen LogP contribution in [-0.4, -0.2) is 0 Å². The standard InChI is InChI=1S/C23H20BrNS/c1-3-23(26-4-2)18-10-14-21(15-11-18)25(20-8-6-5-7-9-20)22-16-12-19(24)13-17-22/h3-17H,2H2,1H3/b23-3-. The highest BCUT2D eigenvalue weighted by Gasteiger charge is 2.12. The third-order valence-corrected chi connectivity index (χ3v) is 5.40. The first-order valence-electron chi connectivity index (χ1n) is 8.38. The van der Waals surface area contributed by atoms with Crippen molar-refractivity contribution in [1.29, 1.82) is 0 Å². The van der Waals surface area contributed by atoms with E-state index in [9.17, 15) is 0 Å². The lowest BCUT2D eigenvalue weighted by molar-refractivity contribution is 1.28. The highest BCUT2D eigenvalue weighted by Crippen LogP contribution is 2.36. The maximum absolute atomic E-state index is 3.82. The molecule has 0 amide bonds. The van der Waals surface area contributed by atoms with E-state index in [-0.39, 0.29) is 0 Å². The van der Waals surface area contributed by atoms with E-state index in [4.69, 9.17) is 0 Å². The summed E-state index contributed by atoms with van der Waals surface area (Å²) in [6.45, 7) is 5.87. The molecule has 0 unspecified atom stereocenters. The van der Waals surface area contributed by atoms with E-state index in [0.29, 0.717) is 0 Å². The highest BCUT2D eigenvalue weighted by molar-refractivity contribution is 9.10. The smallest absolute Gasteiger partial charge is 0.0462 e. The van der Waals surface area contributed by atoms with Crippen molar-refractivity contribution in [1.82, 2.24) is 0 Å². The van der Waals surface area contributed by atoms with E-state index in [2.05, 4.69) is 113 Å². The minimum Gasteiger partial charge on any atom is -0.311 e. The van der Waals surface area contributed by atoms with Gasteiger partial charge in [-0.1, -0.05) is 70.7 Å². The van der Waals surface area contributed by atoms with Gasteiger partial charge in [-0.15, -0.1) is 0 Å². The van der Waals surface area contributed by atoms with Crippen LogP contribution in [0.4, 0.5) is 17.1 Å². The lowest BCUT2D eigenvalue weighted by Crippen LogP contribution is -2.09. The predicted molar refractivity (Wildman–Crippen MR) is 120 cm³/mol. The Morgan fingerprint density at radius 1 is 0.846 bits per heavy atom. The Kier molecular flexibility index (Phi) is 6.37. The molecule has 3 rings (SSSR count). The summed E-state index contributed by atoms with van der Waals surface area (Å²) >= 11 is 5.16. The second-order valence-corrected chi connectivity index (χ2v) is 7.56. The Hall–Kier alpha value is -2.23. The monoisotopic (exact) mass is 421 g/mol. The molecule has 1 nitrogen and oxygen atoms in total. The minimum absolute atomic E-state index is 1.07. The Morgan fingerprint density at radius 2 is 1.38 bits per heavy atom. The molecule has 3 aromatic rings. The van der Waals surface area contributed by atoms with E-state index in [1.54, 1.807) is 11.8 Å². The van der Waals surface area contributed by atoms with Crippen LogP contribution in [0.3, 0.4) is 0 Å². The number of rotatable bonds is 6. The lowest BCUT2D eigenvalue weighted by Gasteiger charge is -2.25. The van der Waals surface area contributed by atoms with Crippen LogP contribution in [0.5, 0.6) is 0 Å². The zero-order valence-corrected chi connectivity index (χ0v) is 17.0. The van der Waals surface area contributed by atoms with Crippen LogP contribution < -0.4 is 4.90 Å². The van der Waals surface area contributed by atoms with Gasteiger partial charge in [-0.2, -0.15) is 0 Å². The number of allylic oxidation sites excluding steroid dienone is 1. The van der Waals surface area contributed by atoms with Crippen LogP contribution in [0.1, 0.15) is 12.5 Å². The highest BCUT2D eigenvalue weighted by atomic mass is 79.9. The zero-order chi connectivity index (χ0) is 18.4. The Balaban J connectivity index is 2.02. The Labute approximate surface area is 168 Å². The van der Waals surface area contributed by atoms with Gasteiger partial charge in [0.05, 0.1) is 0 Å². The molecule has 0 spiro atoms. The maximum Gasteiger partial charge on any atom is 0.0462 e. The van der Waals surface area contributed by atoms with Crippen LogP contribution in [-0.2, 0) is 0 Å². The number of nitrogens with zero attached hydrogens (tertiary/aromatic N) is 1. The van der Waals surface area contributed by atoms with Gasteiger partial charge in [0.1, 0.15) is 0 Å². The van der Waals surface area contributed by atoms with Gasteiger partial charge in [-0.3, -0.25) is 0 Å². The average molecular weight is 422 g/mol. The molecule has 0 aliphatic carbocycles. The summed E-state index contributed by atoms with van der Waals surface area (Å²) in [6.07, 6.45) is 2.12. The van der Waals surface area contributed by atoms with Gasteiger partial charge in [0, 0.05) is 26.4 Å². The predicted octanol–water partition coefficient (Wildman–Crippen LogP) is 8.16. The van der Waals surface area contributed by atoms with Crippen molar-refractivity contribution in [3.05, 3.63) is 107 Å². The van der Waals surface area contributed by atoms with Crippen molar-refractivity contribution in [2.24, 2.45) is 0 Å². The fourth-order valence-corrected chi connectivity index (χ4v) is 3.63. The van der Waals surface area contributed by atoms with Crippen molar-refractivity contribution >= 4 is 49.7 Å². The quantitative estimate of drug-likeness (QED) is 0.394. The molecule has 0 saturated carbocycles. The van der Waals surface area contributed by atoms with Crippen molar-refractivity contribution in [3.63, 3.8) is 0 Å². The molecule has 3 aromatic carbocycles. The second kappa shape index (κ2) is 8.93. The number of hydrogen-bond acceptors (Lipinski definition) is 2. The van der Waals surface area contributed by atoms with Gasteiger partial charge in [-0.05, 0) is 66.4 Å². The molecule has 0 fully saturated rings. The summed E-state index contributed by atoms with van der Waals surface area (Å²) < 4.78 is 1.07. The third-order valence-electron chi connectivity index (χ3n) is 3.98. The maximum atomic E-state index is 3.82. The van der Waals surface area contributed by atoms with E-state index in [1.807, 2.05) is 11.5 Å². The fourth-order valence-electron chi connectivity index (χ4n) is 2.78. The van der Waals surface area contributed by atoms with Gasteiger partial charge >= 0.3 is 0 Å². The molecule has 0 bridgehead atoms. The van der Waals surface area contributed by atoms with Gasteiger partial charge in [0.2, 0.25) is 0 Å². The Morgan fingerprint density at radius 3 is 1.92 bits per heavy atom. The van der Waals surface area contributed by atoms with Crippen molar-refractivity contribution in [2.45, 2.75) is 6.92 Å². The molecule has 0 radical (unpaired) electrons. The van der Waals surface area contributed by atoms with E-state index >= 15 is 0 Å². The van der Waals surface area contributed by atoms with Gasteiger partial charge in [0.25, 0.3) is 0 Å². The van der Waals surface area contributed by atoms with Crippen LogP contribution in [0.15, 0.2) is 101 Å². The van der Waals surface area contributed by atoms with Crippen molar-refractivity contribution < 1.29 is 0 Å². The average Bonchev–Trinajstić information content (AvgIpc) is 2.69. The van der Waals surface area contributed by atoms with Crippen LogP contribution in [0.25, 0.3) is 4.91 Å². The normalized spacial score (nSPS) is 11.2. The lowest BCUT2D eigenvalue weighted by atomic mass is 10.1. The molecule has 0 aliphatic heterocycles. The minimum atomic E-state index is 1.07. The second-order valence-electron chi connectivity index (χ2n) is 5.63. The molecule has 0 N–H and O–H groups in total. The summed E-state index contributed by atoms with van der Waals surface area (Å²) in [7, 11) is 0. The molecular weight excluding hydrogens is 402 g/mol. The van der Waals surface area contributed by atoms with Crippen LogP contribution in [0, 0.1) is 0 Å². The molecule has 0 aromatic heterocycles. The number of para-hydroxylation sites is 1. The first kappa shape index (κ1) is 18.6. The van der Waals surface area contributed by atoms with E-state index < -0.39 is 0 Å². The van der Waals surface area contributed by atoms with Gasteiger partial charge in [-0.25, -0.2) is 0 Å². The molecule has 3 heteroatoms. The van der Waals surface area contributed by atoms with Crippen LogP contribution >= 0.6 is 27.7 Å². The third kappa shape index (κ3) is 4.29.